The molecule has 11 heavy (non-hydrogen) atoms. The Hall–Kier alpha value is 0.560. The Bertz CT molecular complexity index is 275. The van der Waals surface area contributed by atoms with E-state index < -0.39 is 0 Å². The van der Waals surface area contributed by atoms with Gasteiger partial charge in [0.2, 0.25) is 0 Å². The van der Waals surface area contributed by atoms with E-state index in [0.717, 1.165) is 0 Å². The molecular weight excluding hydrogens is 319 g/mol. The minimum absolute atomic E-state index is 0.116. The van der Waals surface area contributed by atoms with Gasteiger partial charge in [-0.25, -0.2) is 0 Å². The van der Waals surface area contributed by atoms with Crippen LogP contribution >= 0.6 is 55.1 Å². The van der Waals surface area contributed by atoms with Crippen LogP contribution in [-0.2, 0) is 0 Å². The molecule has 0 heterocycles. The molecule has 0 fully saturated rings. The lowest BCUT2D eigenvalue weighted by atomic mass is 10.3. The zero-order valence-electron chi connectivity index (χ0n) is 5.04. The highest BCUT2D eigenvalue weighted by molar-refractivity contribution is 9.11. The maximum absolute atomic E-state index is 9.24. The Morgan fingerprint density at radius 2 is 1.45 bits per heavy atom. The Labute approximate surface area is 90.6 Å². The summed E-state index contributed by atoms with van der Waals surface area (Å²) in [6, 6.07) is 1.67. The summed E-state index contributed by atoms with van der Waals surface area (Å²) in [6.07, 6.45) is 0. The standard InChI is InChI=1S/C6H2Br2Cl2O/c7-2-1-3(8)5(10)6(11)4(2)9/h1,11H. The quantitative estimate of drug-likeness (QED) is 0.709. The molecule has 1 aromatic rings. The van der Waals surface area contributed by atoms with Gasteiger partial charge < -0.3 is 5.11 Å². The van der Waals surface area contributed by atoms with Crippen molar-refractivity contribution < 1.29 is 5.11 Å². The summed E-state index contributed by atoms with van der Waals surface area (Å²) in [6.45, 7) is 0. The SMILES string of the molecule is Oc1c(Cl)c(Br)cc(Br)c1Cl. The number of benzene rings is 1. The molecular formula is C6H2Br2Cl2O. The average molecular weight is 321 g/mol. The minimum atomic E-state index is -0.116. The Morgan fingerprint density at radius 1 is 1.09 bits per heavy atom. The molecule has 0 aliphatic heterocycles. The van der Waals surface area contributed by atoms with Gasteiger partial charge in [-0.15, -0.1) is 0 Å². The normalized spacial score (nSPS) is 10.2. The van der Waals surface area contributed by atoms with Crippen LogP contribution in [0.1, 0.15) is 0 Å². The molecule has 1 rings (SSSR count). The second kappa shape index (κ2) is 3.52. The smallest absolute Gasteiger partial charge is 0.155 e. The molecule has 0 bridgehead atoms. The van der Waals surface area contributed by atoms with Crippen LogP contribution in [0.2, 0.25) is 10.0 Å². The molecule has 60 valence electrons. The lowest BCUT2D eigenvalue weighted by molar-refractivity contribution is 0.475. The molecule has 0 unspecified atom stereocenters. The predicted molar refractivity (Wildman–Crippen MR) is 53.5 cm³/mol. The molecule has 0 aliphatic carbocycles. The lowest BCUT2D eigenvalue weighted by Crippen LogP contribution is -1.75. The highest BCUT2D eigenvalue weighted by Crippen LogP contribution is 2.41. The monoisotopic (exact) mass is 318 g/mol. The molecule has 0 aliphatic rings. The first-order valence-corrected chi connectivity index (χ1v) is 4.90. The van der Waals surface area contributed by atoms with Gasteiger partial charge in [0.05, 0.1) is 10.0 Å². The fraction of sp³-hybridized carbons (Fsp3) is 0. The molecule has 0 aromatic heterocycles. The van der Waals surface area contributed by atoms with E-state index in [0.29, 0.717) is 8.95 Å². The number of phenols is 1. The second-order valence-electron chi connectivity index (χ2n) is 1.82. The maximum Gasteiger partial charge on any atom is 0.155 e. The van der Waals surface area contributed by atoms with Crippen LogP contribution in [0.4, 0.5) is 0 Å². The van der Waals surface area contributed by atoms with Gasteiger partial charge in [0, 0.05) is 8.95 Å². The van der Waals surface area contributed by atoms with Crippen LogP contribution in [0, 0.1) is 0 Å². The number of aromatic hydroxyl groups is 1. The van der Waals surface area contributed by atoms with Crippen molar-refractivity contribution in [1.82, 2.24) is 0 Å². The molecule has 0 saturated carbocycles. The zero-order chi connectivity index (χ0) is 8.59. The minimum Gasteiger partial charge on any atom is -0.505 e. The first-order chi connectivity index (χ1) is 5.04. The summed E-state index contributed by atoms with van der Waals surface area (Å²) in [5.41, 5.74) is 0. The predicted octanol–water partition coefficient (Wildman–Crippen LogP) is 4.22. The molecule has 0 spiro atoms. The summed E-state index contributed by atoms with van der Waals surface area (Å²) < 4.78 is 1.21. The first-order valence-electron chi connectivity index (χ1n) is 2.56. The van der Waals surface area contributed by atoms with E-state index in [-0.39, 0.29) is 15.8 Å². The van der Waals surface area contributed by atoms with E-state index in [1.54, 1.807) is 6.07 Å². The highest BCUT2D eigenvalue weighted by Gasteiger charge is 2.11. The van der Waals surface area contributed by atoms with Crippen molar-refractivity contribution in [3.05, 3.63) is 25.1 Å². The van der Waals surface area contributed by atoms with Gasteiger partial charge in [0.1, 0.15) is 0 Å². The average Bonchev–Trinajstić information content (AvgIpc) is 1.97. The summed E-state index contributed by atoms with van der Waals surface area (Å²) in [5, 5.41) is 9.69. The summed E-state index contributed by atoms with van der Waals surface area (Å²) in [4.78, 5) is 0. The van der Waals surface area contributed by atoms with Crippen LogP contribution in [0.5, 0.6) is 5.75 Å². The van der Waals surface area contributed by atoms with Gasteiger partial charge in [-0.3, -0.25) is 0 Å². The van der Waals surface area contributed by atoms with Crippen LogP contribution in [0.15, 0.2) is 15.0 Å². The molecule has 1 N–H and O–H groups in total. The highest BCUT2D eigenvalue weighted by atomic mass is 79.9. The van der Waals surface area contributed by atoms with E-state index in [2.05, 4.69) is 31.9 Å². The third-order valence-electron chi connectivity index (χ3n) is 1.09. The lowest BCUT2D eigenvalue weighted by Gasteiger charge is -2.03. The van der Waals surface area contributed by atoms with Crippen LogP contribution in [-0.4, -0.2) is 5.11 Å². The first kappa shape index (κ1) is 9.65. The van der Waals surface area contributed by atoms with Gasteiger partial charge in [-0.05, 0) is 37.9 Å². The fourth-order valence-electron chi connectivity index (χ4n) is 0.561. The second-order valence-corrected chi connectivity index (χ2v) is 4.28. The van der Waals surface area contributed by atoms with Crippen molar-refractivity contribution in [2.24, 2.45) is 0 Å². The van der Waals surface area contributed by atoms with E-state index in [1.807, 2.05) is 0 Å². The summed E-state index contributed by atoms with van der Waals surface area (Å²) in [5.74, 6) is -0.116. The van der Waals surface area contributed by atoms with E-state index in [1.165, 1.54) is 0 Å². The van der Waals surface area contributed by atoms with Crippen LogP contribution in [0.25, 0.3) is 0 Å². The number of phenolic OH excluding ortho intramolecular Hbond substituents is 1. The van der Waals surface area contributed by atoms with Crippen LogP contribution in [0.3, 0.4) is 0 Å². The number of halogens is 4. The van der Waals surface area contributed by atoms with Crippen molar-refractivity contribution in [2.45, 2.75) is 0 Å². The van der Waals surface area contributed by atoms with E-state index in [9.17, 15) is 5.11 Å². The van der Waals surface area contributed by atoms with Gasteiger partial charge >= 0.3 is 0 Å². The Kier molecular flexibility index (Phi) is 3.09. The van der Waals surface area contributed by atoms with Crippen molar-refractivity contribution >= 4 is 55.1 Å². The molecule has 1 nitrogen and oxygen atoms in total. The van der Waals surface area contributed by atoms with Crippen LogP contribution < -0.4 is 0 Å². The molecule has 5 heteroatoms. The van der Waals surface area contributed by atoms with Gasteiger partial charge in [-0.1, -0.05) is 23.2 Å². The molecule has 1 aromatic carbocycles. The molecule has 0 atom stereocenters. The van der Waals surface area contributed by atoms with Crippen molar-refractivity contribution in [1.29, 1.82) is 0 Å². The Morgan fingerprint density at radius 3 is 1.82 bits per heavy atom. The summed E-state index contributed by atoms with van der Waals surface area (Å²) >= 11 is 17.6. The molecule has 0 saturated heterocycles. The zero-order valence-corrected chi connectivity index (χ0v) is 9.72. The maximum atomic E-state index is 9.24. The molecule has 0 radical (unpaired) electrons. The number of rotatable bonds is 0. The molecule has 0 amide bonds. The Balaban J connectivity index is 3.46. The van der Waals surface area contributed by atoms with Crippen molar-refractivity contribution in [3.63, 3.8) is 0 Å². The third kappa shape index (κ3) is 1.83. The van der Waals surface area contributed by atoms with Gasteiger partial charge in [0.25, 0.3) is 0 Å². The van der Waals surface area contributed by atoms with Crippen molar-refractivity contribution in [2.75, 3.05) is 0 Å². The number of hydrogen-bond acceptors (Lipinski definition) is 1. The van der Waals surface area contributed by atoms with Gasteiger partial charge in [0.15, 0.2) is 5.75 Å². The third-order valence-corrected chi connectivity index (χ3v) is 3.56. The van der Waals surface area contributed by atoms with E-state index in [4.69, 9.17) is 23.2 Å². The number of hydrogen-bond donors (Lipinski definition) is 1. The topological polar surface area (TPSA) is 20.2 Å². The van der Waals surface area contributed by atoms with Crippen molar-refractivity contribution in [3.8, 4) is 5.75 Å². The largest absolute Gasteiger partial charge is 0.505 e. The van der Waals surface area contributed by atoms with Gasteiger partial charge in [-0.2, -0.15) is 0 Å². The summed E-state index contributed by atoms with van der Waals surface area (Å²) in [7, 11) is 0. The van der Waals surface area contributed by atoms with E-state index >= 15 is 0 Å². The fourth-order valence-corrected chi connectivity index (χ4v) is 2.05.